The maximum absolute atomic E-state index is 13.2. The van der Waals surface area contributed by atoms with E-state index in [-0.39, 0.29) is 29.5 Å². The number of fused-ring (bicyclic) bond motifs is 1. The predicted molar refractivity (Wildman–Crippen MR) is 102 cm³/mol. The Balaban J connectivity index is 1.74. The van der Waals surface area contributed by atoms with Gasteiger partial charge in [0.1, 0.15) is 11.6 Å². The number of rotatable bonds is 5. The molecule has 0 aliphatic carbocycles. The third kappa shape index (κ3) is 4.14. The largest absolute Gasteiger partial charge is 0.482 e. The topological polar surface area (TPSA) is 102 Å². The Morgan fingerprint density at radius 2 is 2.04 bits per heavy atom. The molecule has 0 saturated heterocycles. The molecule has 148 valence electrons. The number of anilines is 2. The molecule has 2 aromatic carbocycles. The molecule has 3 rings (SSSR count). The van der Waals surface area contributed by atoms with Crippen molar-refractivity contribution in [1.82, 2.24) is 0 Å². The second-order valence-electron chi connectivity index (χ2n) is 6.56. The van der Waals surface area contributed by atoms with E-state index in [9.17, 15) is 22.4 Å². The van der Waals surface area contributed by atoms with Crippen LogP contribution in [0, 0.1) is 12.7 Å². The van der Waals surface area contributed by atoms with Gasteiger partial charge >= 0.3 is 0 Å². The minimum atomic E-state index is -3.82. The molecule has 28 heavy (non-hydrogen) atoms. The Labute approximate surface area is 161 Å². The van der Waals surface area contributed by atoms with Crippen LogP contribution in [-0.4, -0.2) is 32.1 Å². The number of halogens is 1. The standard InChI is InChI=1S/C19H19FN2O5S/c1-11-7-13(20)3-5-15(11)21-18(23)8-12(2)28(25,26)14-4-6-17-16(9-14)22-19(24)10-27-17/h3-7,9,12H,8,10H2,1-2H3,(H,21,23)(H,22,24)/t12-/m0/s1. The normalized spacial score (nSPS) is 14.5. The van der Waals surface area contributed by atoms with Gasteiger partial charge in [-0.1, -0.05) is 0 Å². The highest BCUT2D eigenvalue weighted by Gasteiger charge is 2.28. The van der Waals surface area contributed by atoms with Crippen LogP contribution in [0.4, 0.5) is 15.8 Å². The van der Waals surface area contributed by atoms with Crippen LogP contribution < -0.4 is 15.4 Å². The Bertz CT molecular complexity index is 1050. The van der Waals surface area contributed by atoms with Gasteiger partial charge in [0.05, 0.1) is 15.8 Å². The summed E-state index contributed by atoms with van der Waals surface area (Å²) in [6.07, 6.45) is -0.279. The molecule has 0 radical (unpaired) electrons. The minimum Gasteiger partial charge on any atom is -0.482 e. The van der Waals surface area contributed by atoms with Crippen molar-refractivity contribution < 1.29 is 27.1 Å². The van der Waals surface area contributed by atoms with E-state index >= 15 is 0 Å². The number of hydrogen-bond donors (Lipinski definition) is 2. The van der Waals surface area contributed by atoms with Crippen LogP contribution in [0.2, 0.25) is 0 Å². The molecule has 1 atom stereocenters. The number of carbonyl (C=O) groups excluding carboxylic acids is 2. The highest BCUT2D eigenvalue weighted by Crippen LogP contribution is 2.31. The van der Waals surface area contributed by atoms with Gasteiger partial charge in [-0.15, -0.1) is 0 Å². The summed E-state index contributed by atoms with van der Waals surface area (Å²) in [6, 6.07) is 8.08. The van der Waals surface area contributed by atoms with Crippen LogP contribution in [0.1, 0.15) is 18.9 Å². The van der Waals surface area contributed by atoms with Gasteiger partial charge in [0.15, 0.2) is 16.4 Å². The van der Waals surface area contributed by atoms with Crippen molar-refractivity contribution in [3.63, 3.8) is 0 Å². The van der Waals surface area contributed by atoms with E-state index in [1.54, 1.807) is 6.92 Å². The lowest BCUT2D eigenvalue weighted by atomic mass is 10.2. The molecular weight excluding hydrogens is 387 g/mol. The fraction of sp³-hybridized carbons (Fsp3) is 0.263. The van der Waals surface area contributed by atoms with E-state index in [1.165, 1.54) is 43.3 Å². The van der Waals surface area contributed by atoms with Gasteiger partial charge in [-0.05, 0) is 55.8 Å². The summed E-state index contributed by atoms with van der Waals surface area (Å²) in [4.78, 5) is 23.7. The number of amides is 2. The Morgan fingerprint density at radius 1 is 1.29 bits per heavy atom. The molecule has 2 N–H and O–H groups in total. The molecule has 0 aromatic heterocycles. The van der Waals surface area contributed by atoms with Crippen molar-refractivity contribution >= 4 is 33.0 Å². The quantitative estimate of drug-likeness (QED) is 0.795. The van der Waals surface area contributed by atoms with Crippen molar-refractivity contribution in [3.8, 4) is 5.75 Å². The molecule has 0 spiro atoms. The Hall–Kier alpha value is -2.94. The van der Waals surface area contributed by atoms with E-state index in [0.717, 1.165) is 0 Å². The van der Waals surface area contributed by atoms with Crippen LogP contribution in [0.5, 0.6) is 5.75 Å². The number of ether oxygens (including phenoxy) is 1. The summed E-state index contributed by atoms with van der Waals surface area (Å²) in [5.41, 5.74) is 1.23. The SMILES string of the molecule is Cc1cc(F)ccc1NC(=O)C[C@H](C)S(=O)(=O)c1ccc2c(c1)NC(=O)CO2. The van der Waals surface area contributed by atoms with Gasteiger partial charge in [-0.2, -0.15) is 0 Å². The van der Waals surface area contributed by atoms with Crippen molar-refractivity contribution in [1.29, 1.82) is 0 Å². The molecule has 0 bridgehead atoms. The van der Waals surface area contributed by atoms with Gasteiger partial charge in [-0.25, -0.2) is 12.8 Å². The van der Waals surface area contributed by atoms with Gasteiger partial charge in [0, 0.05) is 12.1 Å². The number of nitrogens with one attached hydrogen (secondary N) is 2. The molecule has 7 nitrogen and oxygen atoms in total. The van der Waals surface area contributed by atoms with Crippen molar-refractivity contribution in [2.45, 2.75) is 30.4 Å². The lowest BCUT2D eigenvalue weighted by molar-refractivity contribution is -0.118. The van der Waals surface area contributed by atoms with Crippen molar-refractivity contribution in [3.05, 3.63) is 47.8 Å². The van der Waals surface area contributed by atoms with E-state index in [2.05, 4.69) is 10.6 Å². The maximum Gasteiger partial charge on any atom is 0.262 e. The van der Waals surface area contributed by atoms with Crippen LogP contribution in [0.15, 0.2) is 41.3 Å². The van der Waals surface area contributed by atoms with Gasteiger partial charge < -0.3 is 15.4 Å². The second-order valence-corrected chi connectivity index (χ2v) is 8.93. The first kappa shape index (κ1) is 19.8. The van der Waals surface area contributed by atoms with E-state index in [1.807, 2.05) is 0 Å². The predicted octanol–water partition coefficient (Wildman–Crippen LogP) is 2.66. The number of benzene rings is 2. The smallest absolute Gasteiger partial charge is 0.262 e. The highest BCUT2D eigenvalue weighted by atomic mass is 32.2. The number of aryl methyl sites for hydroxylation is 1. The molecule has 0 fully saturated rings. The van der Waals surface area contributed by atoms with E-state index < -0.39 is 26.8 Å². The monoisotopic (exact) mass is 406 g/mol. The molecular formula is C19H19FN2O5S. The number of carbonyl (C=O) groups is 2. The lowest BCUT2D eigenvalue weighted by Crippen LogP contribution is -2.27. The fourth-order valence-corrected chi connectivity index (χ4v) is 4.19. The molecule has 1 heterocycles. The molecule has 2 amide bonds. The summed E-state index contributed by atoms with van der Waals surface area (Å²) < 4.78 is 44.0. The van der Waals surface area contributed by atoms with Gasteiger partial charge in [0.25, 0.3) is 5.91 Å². The van der Waals surface area contributed by atoms with Gasteiger partial charge in [0.2, 0.25) is 5.91 Å². The van der Waals surface area contributed by atoms with Crippen LogP contribution in [0.25, 0.3) is 0 Å². The van der Waals surface area contributed by atoms with Crippen molar-refractivity contribution in [2.75, 3.05) is 17.2 Å². The summed E-state index contributed by atoms with van der Waals surface area (Å²) in [6.45, 7) is 2.95. The third-order valence-electron chi connectivity index (χ3n) is 4.38. The first-order valence-electron chi connectivity index (χ1n) is 8.53. The first-order chi connectivity index (χ1) is 13.2. The molecule has 0 saturated carbocycles. The molecule has 1 aliphatic heterocycles. The van der Waals surface area contributed by atoms with Gasteiger partial charge in [-0.3, -0.25) is 9.59 Å². The first-order valence-corrected chi connectivity index (χ1v) is 10.1. The zero-order chi connectivity index (χ0) is 20.5. The summed E-state index contributed by atoms with van der Waals surface area (Å²) >= 11 is 0. The van der Waals surface area contributed by atoms with E-state index in [4.69, 9.17) is 4.74 Å². The molecule has 9 heteroatoms. The summed E-state index contributed by atoms with van der Waals surface area (Å²) in [5.74, 6) is -0.907. The zero-order valence-corrected chi connectivity index (χ0v) is 16.1. The Kier molecular flexibility index (Phi) is 5.37. The summed E-state index contributed by atoms with van der Waals surface area (Å²) in [7, 11) is -3.82. The average Bonchev–Trinajstić information content (AvgIpc) is 2.63. The van der Waals surface area contributed by atoms with Crippen LogP contribution in [-0.2, 0) is 19.4 Å². The number of hydrogen-bond acceptors (Lipinski definition) is 5. The van der Waals surface area contributed by atoms with Crippen LogP contribution in [0.3, 0.4) is 0 Å². The zero-order valence-electron chi connectivity index (χ0n) is 15.3. The Morgan fingerprint density at radius 3 is 2.75 bits per heavy atom. The number of sulfone groups is 1. The molecule has 1 aliphatic rings. The van der Waals surface area contributed by atoms with E-state index in [0.29, 0.717) is 17.0 Å². The molecule has 0 unspecified atom stereocenters. The molecule has 2 aromatic rings. The van der Waals surface area contributed by atoms with Crippen LogP contribution >= 0.6 is 0 Å². The lowest BCUT2D eigenvalue weighted by Gasteiger charge is -2.19. The fourth-order valence-electron chi connectivity index (χ4n) is 2.81. The maximum atomic E-state index is 13.2. The second kappa shape index (κ2) is 7.59. The highest BCUT2D eigenvalue weighted by molar-refractivity contribution is 7.92. The summed E-state index contributed by atoms with van der Waals surface area (Å²) in [5, 5.41) is 4.15. The van der Waals surface area contributed by atoms with Crippen molar-refractivity contribution in [2.24, 2.45) is 0 Å². The third-order valence-corrected chi connectivity index (χ3v) is 6.51. The average molecular weight is 406 g/mol. The minimum absolute atomic E-state index is 0.0182.